The molecule has 3 aromatic rings. The summed E-state index contributed by atoms with van der Waals surface area (Å²) in [5, 5.41) is 11.2. The number of carbonyl (C=O) groups excluding carboxylic acids is 1. The summed E-state index contributed by atoms with van der Waals surface area (Å²) in [6.45, 7) is 3.71. The first kappa shape index (κ1) is 19.1. The number of nitrogens with one attached hydrogen (secondary N) is 1. The average molecular weight is 394 g/mol. The van der Waals surface area contributed by atoms with E-state index in [1.165, 1.54) is 17.7 Å². The minimum atomic E-state index is -0.297. The molecule has 0 unspecified atom stereocenters. The van der Waals surface area contributed by atoms with Crippen LogP contribution in [-0.4, -0.2) is 29.2 Å². The number of hydrogen-bond donors (Lipinski definition) is 1. The third-order valence-electron chi connectivity index (χ3n) is 5.20. The second kappa shape index (κ2) is 8.43. The zero-order valence-corrected chi connectivity index (χ0v) is 16.3. The summed E-state index contributed by atoms with van der Waals surface area (Å²) in [6, 6.07) is 14.7. The minimum absolute atomic E-state index is 0.000199. The quantitative estimate of drug-likeness (QED) is 0.714. The van der Waals surface area contributed by atoms with E-state index >= 15 is 0 Å². The van der Waals surface area contributed by atoms with Crippen LogP contribution in [-0.2, 0) is 11.3 Å². The minimum Gasteiger partial charge on any atom is -0.403 e. The van der Waals surface area contributed by atoms with Crippen LogP contribution in [0.4, 0.5) is 10.4 Å². The third kappa shape index (κ3) is 4.62. The number of aromatic nitrogens is 2. The van der Waals surface area contributed by atoms with Gasteiger partial charge in [0.15, 0.2) is 0 Å². The number of anilines is 1. The van der Waals surface area contributed by atoms with Crippen LogP contribution in [0.25, 0.3) is 11.5 Å². The number of nitrogens with zero attached hydrogens (tertiary/aromatic N) is 3. The molecule has 1 N–H and O–H groups in total. The Morgan fingerprint density at radius 1 is 1.17 bits per heavy atom. The van der Waals surface area contributed by atoms with Crippen molar-refractivity contribution in [1.29, 1.82) is 0 Å². The highest BCUT2D eigenvalue weighted by atomic mass is 19.1. The Kier molecular flexibility index (Phi) is 5.55. The van der Waals surface area contributed by atoms with Gasteiger partial charge in [0.25, 0.3) is 0 Å². The topological polar surface area (TPSA) is 71.3 Å². The van der Waals surface area contributed by atoms with Crippen molar-refractivity contribution in [3.8, 4) is 11.5 Å². The van der Waals surface area contributed by atoms with Crippen LogP contribution in [0.1, 0.15) is 24.0 Å². The van der Waals surface area contributed by atoms with Crippen molar-refractivity contribution in [2.45, 2.75) is 26.3 Å². The van der Waals surface area contributed by atoms with Gasteiger partial charge in [-0.05, 0) is 49.6 Å². The second-order valence-electron chi connectivity index (χ2n) is 7.36. The fourth-order valence-corrected chi connectivity index (χ4v) is 3.47. The van der Waals surface area contributed by atoms with Crippen molar-refractivity contribution in [2.24, 2.45) is 5.92 Å². The predicted octanol–water partition coefficient (Wildman–Crippen LogP) is 3.72. The zero-order chi connectivity index (χ0) is 20.2. The van der Waals surface area contributed by atoms with Crippen molar-refractivity contribution < 1.29 is 13.6 Å². The van der Waals surface area contributed by atoms with Gasteiger partial charge in [-0.15, -0.1) is 5.10 Å². The van der Waals surface area contributed by atoms with Crippen LogP contribution in [0.15, 0.2) is 52.9 Å². The molecule has 1 aliphatic heterocycles. The number of piperidine rings is 1. The van der Waals surface area contributed by atoms with Gasteiger partial charge in [0, 0.05) is 31.1 Å². The van der Waals surface area contributed by atoms with Crippen LogP contribution >= 0.6 is 0 Å². The predicted molar refractivity (Wildman–Crippen MR) is 108 cm³/mol. The number of rotatable bonds is 5. The molecule has 1 saturated heterocycles. The van der Waals surface area contributed by atoms with Crippen molar-refractivity contribution >= 4 is 11.9 Å². The van der Waals surface area contributed by atoms with Gasteiger partial charge in [-0.25, -0.2) is 4.39 Å². The van der Waals surface area contributed by atoms with E-state index < -0.39 is 0 Å². The van der Waals surface area contributed by atoms with E-state index in [2.05, 4.69) is 15.5 Å². The molecule has 29 heavy (non-hydrogen) atoms. The number of benzene rings is 2. The lowest BCUT2D eigenvalue weighted by Gasteiger charge is -2.29. The summed E-state index contributed by atoms with van der Waals surface area (Å²) in [5.41, 5.74) is 2.82. The van der Waals surface area contributed by atoms with Gasteiger partial charge >= 0.3 is 6.01 Å². The molecule has 1 fully saturated rings. The fourth-order valence-electron chi connectivity index (χ4n) is 3.47. The number of aryl methyl sites for hydroxylation is 1. The maximum atomic E-state index is 13.2. The lowest BCUT2D eigenvalue weighted by Crippen LogP contribution is -2.40. The zero-order valence-electron chi connectivity index (χ0n) is 16.3. The second-order valence-corrected chi connectivity index (χ2v) is 7.36. The lowest BCUT2D eigenvalue weighted by molar-refractivity contribution is -0.125. The lowest BCUT2D eigenvalue weighted by atomic mass is 9.96. The summed E-state index contributed by atoms with van der Waals surface area (Å²) < 4.78 is 19.1. The molecule has 0 radical (unpaired) electrons. The van der Waals surface area contributed by atoms with Crippen LogP contribution < -0.4 is 10.2 Å². The van der Waals surface area contributed by atoms with Crippen molar-refractivity contribution in [2.75, 3.05) is 18.0 Å². The molecule has 0 bridgehead atoms. The van der Waals surface area contributed by atoms with Crippen molar-refractivity contribution in [1.82, 2.24) is 15.5 Å². The van der Waals surface area contributed by atoms with Gasteiger partial charge < -0.3 is 14.6 Å². The highest BCUT2D eigenvalue weighted by molar-refractivity contribution is 5.78. The molecule has 6 nitrogen and oxygen atoms in total. The van der Waals surface area contributed by atoms with E-state index in [0.717, 1.165) is 11.1 Å². The largest absolute Gasteiger partial charge is 0.403 e. The van der Waals surface area contributed by atoms with Gasteiger partial charge in [0.2, 0.25) is 11.8 Å². The fraction of sp³-hybridized carbons (Fsp3) is 0.318. The molecular weight excluding hydrogens is 371 g/mol. The van der Waals surface area contributed by atoms with Gasteiger partial charge in [0.1, 0.15) is 5.82 Å². The molecule has 1 aliphatic rings. The number of amides is 1. The standard InChI is InChI=1S/C22H23FN4O2/c1-15-5-7-18(8-6-15)21-25-26-22(29-21)27-11-9-17(10-12-27)20(28)24-14-16-3-2-4-19(23)13-16/h2-8,13,17H,9-12,14H2,1H3,(H,24,28). The first-order valence-electron chi connectivity index (χ1n) is 9.76. The Morgan fingerprint density at radius 2 is 1.93 bits per heavy atom. The SMILES string of the molecule is Cc1ccc(-c2nnc(N3CCC(C(=O)NCc4cccc(F)c4)CC3)o2)cc1. The summed E-state index contributed by atoms with van der Waals surface area (Å²) in [4.78, 5) is 14.5. The Balaban J connectivity index is 1.30. The molecule has 4 rings (SSSR count). The molecule has 0 atom stereocenters. The number of hydrogen-bond acceptors (Lipinski definition) is 5. The molecule has 0 saturated carbocycles. The first-order chi connectivity index (χ1) is 14.1. The highest BCUT2D eigenvalue weighted by Crippen LogP contribution is 2.26. The van der Waals surface area contributed by atoms with Crippen LogP contribution in [0.5, 0.6) is 0 Å². The van der Waals surface area contributed by atoms with Crippen LogP contribution in [0, 0.1) is 18.7 Å². The average Bonchev–Trinajstić information content (AvgIpc) is 3.23. The summed E-state index contributed by atoms with van der Waals surface area (Å²) >= 11 is 0. The highest BCUT2D eigenvalue weighted by Gasteiger charge is 2.27. The molecule has 2 heterocycles. The van der Waals surface area contributed by atoms with E-state index in [4.69, 9.17) is 4.42 Å². The summed E-state index contributed by atoms with van der Waals surface area (Å²) in [7, 11) is 0. The number of carbonyl (C=O) groups is 1. The maximum Gasteiger partial charge on any atom is 0.318 e. The van der Waals surface area contributed by atoms with E-state index in [9.17, 15) is 9.18 Å². The molecule has 0 spiro atoms. The van der Waals surface area contributed by atoms with Gasteiger partial charge in [0.05, 0.1) is 0 Å². The summed E-state index contributed by atoms with van der Waals surface area (Å²) in [6.07, 6.45) is 1.41. The molecule has 2 aromatic carbocycles. The number of halogens is 1. The summed E-state index contributed by atoms with van der Waals surface area (Å²) in [5.74, 6) is 0.128. The first-order valence-corrected chi connectivity index (χ1v) is 9.76. The molecule has 0 aliphatic carbocycles. The Morgan fingerprint density at radius 3 is 2.66 bits per heavy atom. The smallest absolute Gasteiger partial charge is 0.318 e. The Labute approximate surface area is 168 Å². The van der Waals surface area contributed by atoms with Crippen molar-refractivity contribution in [3.63, 3.8) is 0 Å². The maximum absolute atomic E-state index is 13.2. The van der Waals surface area contributed by atoms with E-state index in [1.807, 2.05) is 36.1 Å². The Hall–Kier alpha value is -3.22. The van der Waals surface area contributed by atoms with Crippen molar-refractivity contribution in [3.05, 3.63) is 65.5 Å². The third-order valence-corrected chi connectivity index (χ3v) is 5.20. The molecule has 7 heteroatoms. The van der Waals surface area contributed by atoms with Gasteiger partial charge in [-0.2, -0.15) is 0 Å². The molecule has 1 amide bonds. The normalized spacial score (nSPS) is 14.8. The van der Waals surface area contributed by atoms with E-state index in [0.29, 0.717) is 44.4 Å². The van der Waals surface area contributed by atoms with Crippen LogP contribution in [0.3, 0.4) is 0 Å². The van der Waals surface area contributed by atoms with E-state index in [-0.39, 0.29) is 17.6 Å². The molecule has 150 valence electrons. The van der Waals surface area contributed by atoms with Crippen LogP contribution in [0.2, 0.25) is 0 Å². The molecular formula is C22H23FN4O2. The molecule has 1 aromatic heterocycles. The van der Waals surface area contributed by atoms with Gasteiger partial charge in [-0.3, -0.25) is 4.79 Å². The Bertz CT molecular complexity index is 978. The van der Waals surface area contributed by atoms with Gasteiger partial charge in [-0.1, -0.05) is 34.9 Å². The monoisotopic (exact) mass is 394 g/mol. The van der Waals surface area contributed by atoms with E-state index in [1.54, 1.807) is 12.1 Å².